The van der Waals surface area contributed by atoms with Crippen LogP contribution in [-0.4, -0.2) is 15.0 Å². The number of rotatable bonds is 6. The van der Waals surface area contributed by atoms with E-state index < -0.39 is 54.4 Å². The van der Waals surface area contributed by atoms with Crippen molar-refractivity contribution >= 4 is 32.3 Å². The maximum Gasteiger partial charge on any atom is 0.164 e. The van der Waals surface area contributed by atoms with Crippen molar-refractivity contribution in [3.8, 4) is 67.5 Å². The number of nitrogens with zero attached hydrogens (tertiary/aromatic N) is 3. The van der Waals surface area contributed by atoms with E-state index in [0.29, 0.717) is 39.5 Å². The van der Waals surface area contributed by atoms with Crippen molar-refractivity contribution in [2.45, 2.75) is 0 Å². The van der Waals surface area contributed by atoms with E-state index in [1.54, 1.807) is 36.4 Å². The Morgan fingerprint density at radius 2 is 0.815 bits per heavy atom. The van der Waals surface area contributed by atoms with Crippen LogP contribution >= 0.6 is 0 Å². The van der Waals surface area contributed by atoms with Crippen molar-refractivity contribution in [1.82, 2.24) is 15.0 Å². The van der Waals surface area contributed by atoms with Gasteiger partial charge in [0.05, 0.1) is 16.4 Å². The second-order valence-corrected chi connectivity index (χ2v) is 12.8. The molecule has 1 heterocycles. The van der Waals surface area contributed by atoms with Crippen LogP contribution in [0, 0.1) is 0 Å². The van der Waals surface area contributed by atoms with Crippen molar-refractivity contribution < 1.29 is 16.4 Å². The molecule has 0 unspecified atom stereocenters. The quantitative estimate of drug-likeness (QED) is 0.173. The SMILES string of the molecule is [2H]c1c([2H])c([2H])c(-c2ccc3cc(-c4nc(-c5cccc(-c6c([2H])c([2H])c([2H])c7c([2H])c([2H])c([2H])c([2H])c67)c5)nc(-c5ccc6ccc(-c7ccccc7)cc6c5)n4)ccc3c2)c([2H])c1[2H]. The smallest absolute Gasteiger partial charge is 0.164 e. The molecule has 0 aliphatic rings. The Hall–Kier alpha value is -7.23. The lowest BCUT2D eigenvalue weighted by atomic mass is 9.97. The highest BCUT2D eigenvalue weighted by atomic mass is 15.0. The molecular formula is C51H33N3. The van der Waals surface area contributed by atoms with E-state index in [1.165, 1.54) is 0 Å². The van der Waals surface area contributed by atoms with Gasteiger partial charge in [0.15, 0.2) is 17.5 Å². The van der Waals surface area contributed by atoms with Gasteiger partial charge in [0.1, 0.15) is 0 Å². The van der Waals surface area contributed by atoms with Gasteiger partial charge in [-0.3, -0.25) is 0 Å². The Bertz CT molecular complexity index is 3650. The molecule has 0 radical (unpaired) electrons. The maximum atomic E-state index is 8.98. The summed E-state index contributed by atoms with van der Waals surface area (Å²) >= 11 is 0. The van der Waals surface area contributed by atoms with Crippen molar-refractivity contribution in [2.75, 3.05) is 0 Å². The predicted octanol–water partition coefficient (Wildman–Crippen LogP) is 13.3. The first-order chi connectivity index (χ1) is 31.7. The van der Waals surface area contributed by atoms with Gasteiger partial charge in [-0.2, -0.15) is 0 Å². The molecule has 0 N–H and O–H groups in total. The Balaban J connectivity index is 1.15. The fourth-order valence-corrected chi connectivity index (χ4v) is 6.74. The number of fused-ring (bicyclic) bond motifs is 3. The van der Waals surface area contributed by atoms with Gasteiger partial charge in [0, 0.05) is 16.7 Å². The van der Waals surface area contributed by atoms with Crippen LogP contribution in [0.15, 0.2) is 200 Å². The molecule has 3 heteroatoms. The minimum absolute atomic E-state index is 0.0295. The van der Waals surface area contributed by atoms with Gasteiger partial charge in [-0.25, -0.2) is 15.0 Å². The molecule has 0 bridgehead atoms. The van der Waals surface area contributed by atoms with Crippen LogP contribution in [-0.2, 0) is 0 Å². The van der Waals surface area contributed by atoms with Gasteiger partial charge < -0.3 is 0 Å². The van der Waals surface area contributed by atoms with Gasteiger partial charge in [-0.1, -0.05) is 170 Å². The van der Waals surface area contributed by atoms with Crippen LogP contribution in [0.25, 0.3) is 99.9 Å². The molecule has 252 valence electrons. The van der Waals surface area contributed by atoms with E-state index in [0.717, 1.165) is 32.7 Å². The third kappa shape index (κ3) is 5.98. The van der Waals surface area contributed by atoms with E-state index in [1.807, 2.05) is 60.7 Å². The highest BCUT2D eigenvalue weighted by Crippen LogP contribution is 2.34. The third-order valence-corrected chi connectivity index (χ3v) is 9.45. The second-order valence-electron chi connectivity index (χ2n) is 12.8. The zero-order valence-corrected chi connectivity index (χ0v) is 28.5. The van der Waals surface area contributed by atoms with E-state index in [9.17, 15) is 0 Å². The predicted molar refractivity (Wildman–Crippen MR) is 225 cm³/mol. The summed E-state index contributed by atoms with van der Waals surface area (Å²) < 4.78 is 102. The maximum absolute atomic E-state index is 8.98. The highest BCUT2D eigenvalue weighted by molar-refractivity contribution is 5.97. The van der Waals surface area contributed by atoms with Crippen LogP contribution in [0.4, 0.5) is 0 Å². The molecule has 0 saturated carbocycles. The fourth-order valence-electron chi connectivity index (χ4n) is 6.74. The largest absolute Gasteiger partial charge is 0.208 e. The summed E-state index contributed by atoms with van der Waals surface area (Å²) in [6.45, 7) is 0. The van der Waals surface area contributed by atoms with Crippen molar-refractivity contribution in [3.05, 3.63) is 200 Å². The minimum Gasteiger partial charge on any atom is -0.208 e. The molecule has 0 fully saturated rings. The van der Waals surface area contributed by atoms with Crippen molar-refractivity contribution in [3.63, 3.8) is 0 Å². The van der Waals surface area contributed by atoms with Crippen LogP contribution in [0.2, 0.25) is 0 Å². The molecule has 0 atom stereocenters. The molecule has 9 aromatic carbocycles. The Labute approximate surface area is 330 Å². The highest BCUT2D eigenvalue weighted by Gasteiger charge is 2.15. The van der Waals surface area contributed by atoms with Gasteiger partial charge in [0.25, 0.3) is 0 Å². The molecule has 0 spiro atoms. The summed E-state index contributed by atoms with van der Waals surface area (Å²) in [6.07, 6.45) is 0. The average Bonchev–Trinajstić information content (AvgIpc) is 3.35. The van der Waals surface area contributed by atoms with E-state index >= 15 is 0 Å². The summed E-state index contributed by atoms with van der Waals surface area (Å²) in [4.78, 5) is 15.0. The average molecular weight is 700 g/mol. The molecule has 0 aliphatic heterocycles. The standard InChI is InChI=1S/C51H33N3/c1-3-11-34(12-4-1)38-24-25-41-30-44(28-26-40(41)29-38)50-52-49(43-18-9-17-42(32-43)48-20-10-16-37-15-7-8-19-47(37)48)53-51(54-50)45-27-22-36-21-23-39(31-46(36)33-45)35-13-5-2-6-14-35/h1-33H/i1D,3D,4D,7D,8D,10D,11D,12D,15D,16D,19D,20D. The summed E-state index contributed by atoms with van der Waals surface area (Å²) in [5.41, 5.74) is 4.96. The zero-order chi connectivity index (χ0) is 46.3. The van der Waals surface area contributed by atoms with Crippen LogP contribution < -0.4 is 0 Å². The number of benzene rings is 9. The molecule has 0 aliphatic carbocycles. The normalized spacial score (nSPS) is 14.4. The summed E-state index contributed by atoms with van der Waals surface area (Å²) in [5.74, 6) is 0.937. The first-order valence-electron chi connectivity index (χ1n) is 23.3. The molecular weight excluding hydrogens is 655 g/mol. The zero-order valence-electron chi connectivity index (χ0n) is 40.5. The minimum atomic E-state index is -0.531. The van der Waals surface area contributed by atoms with Gasteiger partial charge in [0.2, 0.25) is 0 Å². The van der Waals surface area contributed by atoms with Crippen molar-refractivity contribution in [2.24, 2.45) is 0 Å². The molecule has 1 aromatic heterocycles. The number of aromatic nitrogens is 3. The monoisotopic (exact) mass is 699 g/mol. The molecule has 10 aromatic rings. The van der Waals surface area contributed by atoms with Crippen LogP contribution in [0.1, 0.15) is 16.4 Å². The molecule has 0 amide bonds. The summed E-state index contributed by atoms with van der Waals surface area (Å²) in [7, 11) is 0. The Morgan fingerprint density at radius 3 is 1.56 bits per heavy atom. The van der Waals surface area contributed by atoms with Gasteiger partial charge >= 0.3 is 0 Å². The second kappa shape index (κ2) is 13.4. The number of hydrogen-bond donors (Lipinski definition) is 0. The molecule has 10 rings (SSSR count). The van der Waals surface area contributed by atoms with Crippen LogP contribution in [0.5, 0.6) is 0 Å². The summed E-state index contributed by atoms with van der Waals surface area (Å²) in [6, 6.07) is 35.0. The molecule has 3 nitrogen and oxygen atoms in total. The Morgan fingerprint density at radius 1 is 0.296 bits per heavy atom. The van der Waals surface area contributed by atoms with E-state index in [2.05, 4.69) is 30.3 Å². The lowest BCUT2D eigenvalue weighted by Crippen LogP contribution is -2.00. The molecule has 0 saturated heterocycles. The van der Waals surface area contributed by atoms with E-state index in [-0.39, 0.29) is 45.9 Å². The first-order valence-corrected chi connectivity index (χ1v) is 17.3. The van der Waals surface area contributed by atoms with Crippen LogP contribution in [0.3, 0.4) is 0 Å². The van der Waals surface area contributed by atoms with Gasteiger partial charge in [-0.05, 0) is 96.0 Å². The summed E-state index contributed by atoms with van der Waals surface area (Å²) in [5, 5.41) is 3.33. The fraction of sp³-hybridized carbons (Fsp3) is 0. The van der Waals surface area contributed by atoms with Crippen molar-refractivity contribution in [1.29, 1.82) is 0 Å². The topological polar surface area (TPSA) is 38.7 Å². The first kappa shape index (κ1) is 21.3. The Kier molecular flexibility index (Phi) is 5.29. The van der Waals surface area contributed by atoms with E-state index in [4.69, 9.17) is 31.4 Å². The molecule has 54 heavy (non-hydrogen) atoms. The lowest BCUT2D eigenvalue weighted by Gasteiger charge is -2.12. The third-order valence-electron chi connectivity index (χ3n) is 9.45. The lowest BCUT2D eigenvalue weighted by molar-refractivity contribution is 1.08. The van der Waals surface area contributed by atoms with Gasteiger partial charge in [-0.15, -0.1) is 0 Å². The number of hydrogen-bond acceptors (Lipinski definition) is 3.